The topological polar surface area (TPSA) is 62.5 Å². The standard InChI is InChI=1S/C12H12ClNO3S/c1-3-14-5-8(18-2)12(17)9-6(14)4-7(15)11(16)10(9)13/h4-5,15-16H,3H2,1-2H3. The molecule has 96 valence electrons. The molecule has 1 heterocycles. The molecule has 4 nitrogen and oxygen atoms in total. The van der Waals surface area contributed by atoms with E-state index >= 15 is 0 Å². The number of hydrogen-bond acceptors (Lipinski definition) is 4. The van der Waals surface area contributed by atoms with Crippen LogP contribution in [0.5, 0.6) is 11.5 Å². The molecule has 0 aliphatic carbocycles. The zero-order chi connectivity index (χ0) is 13.4. The lowest BCUT2D eigenvalue weighted by molar-refractivity contribution is 0.404. The van der Waals surface area contributed by atoms with Gasteiger partial charge in [0.15, 0.2) is 11.5 Å². The van der Waals surface area contributed by atoms with Crippen LogP contribution in [-0.2, 0) is 6.54 Å². The Morgan fingerprint density at radius 3 is 2.67 bits per heavy atom. The molecule has 0 radical (unpaired) electrons. The van der Waals surface area contributed by atoms with Gasteiger partial charge in [-0.05, 0) is 13.2 Å². The summed E-state index contributed by atoms with van der Waals surface area (Å²) in [6.07, 6.45) is 3.53. The average molecular weight is 286 g/mol. The van der Waals surface area contributed by atoms with Crippen LogP contribution in [0.2, 0.25) is 5.02 Å². The highest BCUT2D eigenvalue weighted by Crippen LogP contribution is 2.38. The third-order valence-electron chi connectivity index (χ3n) is 2.79. The van der Waals surface area contributed by atoms with E-state index in [1.54, 1.807) is 12.5 Å². The molecule has 0 saturated carbocycles. The van der Waals surface area contributed by atoms with Crippen molar-refractivity contribution in [2.75, 3.05) is 6.26 Å². The minimum absolute atomic E-state index is 0.104. The minimum Gasteiger partial charge on any atom is -0.504 e. The number of benzene rings is 1. The quantitative estimate of drug-likeness (QED) is 0.658. The molecule has 0 unspecified atom stereocenters. The molecule has 18 heavy (non-hydrogen) atoms. The molecule has 1 aromatic carbocycles. The summed E-state index contributed by atoms with van der Waals surface area (Å²) in [4.78, 5) is 12.8. The molecule has 0 atom stereocenters. The first-order chi connectivity index (χ1) is 8.51. The molecular formula is C12H12ClNO3S. The van der Waals surface area contributed by atoms with Crippen LogP contribution in [0.1, 0.15) is 6.92 Å². The first-order valence-electron chi connectivity index (χ1n) is 5.32. The predicted octanol–water partition coefficient (Wildman–Crippen LogP) is 2.81. The van der Waals surface area contributed by atoms with Gasteiger partial charge in [-0.15, -0.1) is 11.8 Å². The Morgan fingerprint density at radius 2 is 2.11 bits per heavy atom. The Balaban J connectivity index is 3.05. The molecule has 0 saturated heterocycles. The largest absolute Gasteiger partial charge is 0.504 e. The number of halogens is 1. The van der Waals surface area contributed by atoms with Gasteiger partial charge >= 0.3 is 0 Å². The highest BCUT2D eigenvalue weighted by molar-refractivity contribution is 7.98. The van der Waals surface area contributed by atoms with Crippen LogP contribution in [0, 0.1) is 0 Å². The number of hydrogen-bond donors (Lipinski definition) is 2. The summed E-state index contributed by atoms with van der Waals surface area (Å²) >= 11 is 7.28. The molecule has 6 heteroatoms. The fourth-order valence-electron chi connectivity index (χ4n) is 1.86. The second-order valence-corrected chi connectivity index (χ2v) is 4.99. The van der Waals surface area contributed by atoms with E-state index in [-0.39, 0.29) is 21.6 Å². The van der Waals surface area contributed by atoms with Gasteiger partial charge in [0.05, 0.1) is 20.8 Å². The molecule has 0 spiro atoms. The smallest absolute Gasteiger partial charge is 0.204 e. The monoisotopic (exact) mass is 285 g/mol. The molecule has 0 amide bonds. The van der Waals surface area contributed by atoms with Crippen LogP contribution in [0.3, 0.4) is 0 Å². The van der Waals surface area contributed by atoms with Gasteiger partial charge in [0.25, 0.3) is 0 Å². The van der Waals surface area contributed by atoms with Gasteiger partial charge in [-0.1, -0.05) is 11.6 Å². The van der Waals surface area contributed by atoms with E-state index in [0.717, 1.165) is 0 Å². The second kappa shape index (κ2) is 4.74. The maximum atomic E-state index is 12.2. The fourth-order valence-corrected chi connectivity index (χ4v) is 2.66. The summed E-state index contributed by atoms with van der Waals surface area (Å²) in [6.45, 7) is 2.55. The SMILES string of the molecule is CCn1cc(SC)c(=O)c2c(Cl)c(O)c(O)cc21. The van der Waals surface area contributed by atoms with Crippen molar-refractivity contribution in [1.29, 1.82) is 0 Å². The molecule has 0 aliphatic rings. The van der Waals surface area contributed by atoms with Gasteiger partial charge in [0.2, 0.25) is 5.43 Å². The Hall–Kier alpha value is -1.33. The van der Waals surface area contributed by atoms with E-state index in [2.05, 4.69) is 0 Å². The minimum atomic E-state index is -0.456. The van der Waals surface area contributed by atoms with Crippen molar-refractivity contribution in [3.05, 3.63) is 27.5 Å². The maximum Gasteiger partial charge on any atom is 0.204 e. The zero-order valence-electron chi connectivity index (χ0n) is 9.90. The highest BCUT2D eigenvalue weighted by Gasteiger charge is 2.17. The lowest BCUT2D eigenvalue weighted by atomic mass is 10.1. The van der Waals surface area contributed by atoms with E-state index in [1.165, 1.54) is 17.8 Å². The number of phenols is 2. The van der Waals surface area contributed by atoms with Crippen molar-refractivity contribution in [1.82, 2.24) is 4.57 Å². The number of phenolic OH excluding ortho intramolecular Hbond substituents is 2. The van der Waals surface area contributed by atoms with Crippen LogP contribution >= 0.6 is 23.4 Å². The maximum absolute atomic E-state index is 12.2. The summed E-state index contributed by atoms with van der Waals surface area (Å²) in [5, 5.41) is 19.3. The summed E-state index contributed by atoms with van der Waals surface area (Å²) in [7, 11) is 0. The summed E-state index contributed by atoms with van der Waals surface area (Å²) < 4.78 is 1.81. The first kappa shape index (κ1) is 13.1. The van der Waals surface area contributed by atoms with Gasteiger partial charge in [0.1, 0.15) is 0 Å². The Morgan fingerprint density at radius 1 is 1.44 bits per heavy atom. The van der Waals surface area contributed by atoms with Gasteiger partial charge in [-0.3, -0.25) is 4.79 Å². The predicted molar refractivity (Wildman–Crippen MR) is 74.0 cm³/mol. The van der Waals surface area contributed by atoms with Gasteiger partial charge in [-0.25, -0.2) is 0 Å². The normalized spacial score (nSPS) is 11.1. The Bertz CT molecular complexity index is 681. The second-order valence-electron chi connectivity index (χ2n) is 3.77. The number of aromatic nitrogens is 1. The van der Waals surface area contributed by atoms with Crippen LogP contribution in [0.25, 0.3) is 10.9 Å². The number of thioether (sulfide) groups is 1. The van der Waals surface area contributed by atoms with E-state index in [9.17, 15) is 15.0 Å². The lowest BCUT2D eigenvalue weighted by Crippen LogP contribution is -2.11. The highest BCUT2D eigenvalue weighted by atomic mass is 35.5. The Kier molecular flexibility index (Phi) is 3.45. The molecule has 0 aliphatic heterocycles. The van der Waals surface area contributed by atoms with E-state index in [0.29, 0.717) is 17.0 Å². The van der Waals surface area contributed by atoms with E-state index in [4.69, 9.17) is 11.6 Å². The number of nitrogens with zero attached hydrogens (tertiary/aromatic N) is 1. The van der Waals surface area contributed by atoms with Gasteiger partial charge in [-0.2, -0.15) is 0 Å². The summed E-state index contributed by atoms with van der Waals surface area (Å²) in [6, 6.07) is 1.35. The third kappa shape index (κ3) is 1.83. The molecule has 0 bridgehead atoms. The van der Waals surface area contributed by atoms with E-state index in [1.807, 2.05) is 11.5 Å². The number of pyridine rings is 1. The van der Waals surface area contributed by atoms with Gasteiger partial charge in [0, 0.05) is 18.8 Å². The average Bonchev–Trinajstić information content (AvgIpc) is 2.36. The van der Waals surface area contributed by atoms with Crippen LogP contribution in [0.15, 0.2) is 22.0 Å². The van der Waals surface area contributed by atoms with Gasteiger partial charge < -0.3 is 14.8 Å². The van der Waals surface area contributed by atoms with Crippen molar-refractivity contribution in [3.63, 3.8) is 0 Å². The summed E-state index contributed by atoms with van der Waals surface area (Å²) in [5.41, 5.74) is 0.281. The molecule has 0 fully saturated rings. The van der Waals surface area contributed by atoms with Crippen LogP contribution in [0.4, 0.5) is 0 Å². The first-order valence-corrected chi connectivity index (χ1v) is 6.93. The lowest BCUT2D eigenvalue weighted by Gasteiger charge is -2.13. The molecule has 1 aromatic heterocycles. The molecule has 2 aromatic rings. The van der Waals surface area contributed by atoms with Crippen molar-refractivity contribution in [3.8, 4) is 11.5 Å². The zero-order valence-corrected chi connectivity index (χ0v) is 11.5. The number of aromatic hydroxyl groups is 2. The fraction of sp³-hybridized carbons (Fsp3) is 0.250. The van der Waals surface area contributed by atoms with Crippen LogP contribution in [-0.4, -0.2) is 21.0 Å². The van der Waals surface area contributed by atoms with E-state index < -0.39 is 5.75 Å². The third-order valence-corrected chi connectivity index (χ3v) is 3.89. The number of aryl methyl sites for hydroxylation is 1. The van der Waals surface area contributed by atoms with Crippen LogP contribution < -0.4 is 5.43 Å². The number of fused-ring (bicyclic) bond motifs is 1. The molecular weight excluding hydrogens is 274 g/mol. The number of rotatable bonds is 2. The summed E-state index contributed by atoms with van der Waals surface area (Å²) in [5.74, 6) is -0.784. The van der Waals surface area contributed by atoms with Crippen molar-refractivity contribution in [2.45, 2.75) is 18.4 Å². The van der Waals surface area contributed by atoms with Crippen molar-refractivity contribution >= 4 is 34.3 Å². The molecule has 2 N–H and O–H groups in total. The molecule has 2 rings (SSSR count). The van der Waals surface area contributed by atoms with Crippen molar-refractivity contribution < 1.29 is 10.2 Å². The Labute approximate surface area is 113 Å². The van der Waals surface area contributed by atoms with Crippen molar-refractivity contribution in [2.24, 2.45) is 0 Å².